The first-order valence-electron chi connectivity index (χ1n) is 7.09. The van der Waals surface area contributed by atoms with Crippen molar-refractivity contribution in [2.45, 2.75) is 51.2 Å². The van der Waals surface area contributed by atoms with Gasteiger partial charge in [-0.3, -0.25) is 4.90 Å². The van der Waals surface area contributed by atoms with Crippen molar-refractivity contribution < 1.29 is 0 Å². The number of nitrogens with zero attached hydrogens (tertiary/aromatic N) is 2. The number of nitrogens with one attached hydrogen (secondary N) is 1. The molecule has 3 rings (SSSR count). The molecule has 3 nitrogen and oxygen atoms in total. The first-order chi connectivity index (χ1) is 8.71. The van der Waals surface area contributed by atoms with E-state index < -0.39 is 0 Å². The molecular formula is C14H23N3S. The van der Waals surface area contributed by atoms with Gasteiger partial charge >= 0.3 is 0 Å². The number of piperazine rings is 1. The second-order valence-corrected chi connectivity index (χ2v) is 6.94. The van der Waals surface area contributed by atoms with Crippen molar-refractivity contribution >= 4 is 11.3 Å². The van der Waals surface area contributed by atoms with Gasteiger partial charge in [0.2, 0.25) is 0 Å². The van der Waals surface area contributed by atoms with Gasteiger partial charge in [0.25, 0.3) is 0 Å². The van der Waals surface area contributed by atoms with E-state index in [1.807, 2.05) is 6.20 Å². The second-order valence-electron chi connectivity index (χ2n) is 5.97. The van der Waals surface area contributed by atoms with Crippen molar-refractivity contribution in [2.75, 3.05) is 13.1 Å². The smallest absolute Gasteiger partial charge is 0.107 e. The van der Waals surface area contributed by atoms with Gasteiger partial charge in [0.15, 0.2) is 0 Å². The minimum absolute atomic E-state index is 0.336. The lowest BCUT2D eigenvalue weighted by Gasteiger charge is -2.46. The highest BCUT2D eigenvalue weighted by Gasteiger charge is 2.45. The summed E-state index contributed by atoms with van der Waals surface area (Å²) in [6.07, 6.45) is 5.96. The maximum Gasteiger partial charge on any atom is 0.107 e. The fourth-order valence-corrected chi connectivity index (χ4v) is 3.81. The molecule has 1 aromatic heterocycles. The summed E-state index contributed by atoms with van der Waals surface area (Å²) in [5, 5.41) is 7.15. The van der Waals surface area contributed by atoms with E-state index >= 15 is 0 Å². The third-order valence-electron chi connectivity index (χ3n) is 4.56. The number of rotatable bonds is 4. The normalized spacial score (nSPS) is 33.8. The first kappa shape index (κ1) is 12.6. The Morgan fingerprint density at radius 3 is 3.00 bits per heavy atom. The molecule has 2 unspecified atom stereocenters. The van der Waals surface area contributed by atoms with Gasteiger partial charge in [0.05, 0.1) is 6.54 Å². The summed E-state index contributed by atoms with van der Waals surface area (Å²) in [6.45, 7) is 8.04. The number of thiazole rings is 1. The summed E-state index contributed by atoms with van der Waals surface area (Å²) < 4.78 is 0. The summed E-state index contributed by atoms with van der Waals surface area (Å²) in [5.74, 6) is 0.897. The van der Waals surface area contributed by atoms with Crippen LogP contribution in [0.3, 0.4) is 0 Å². The molecule has 0 spiro atoms. The molecule has 2 fully saturated rings. The van der Waals surface area contributed by atoms with Gasteiger partial charge in [-0.05, 0) is 32.1 Å². The molecule has 0 aromatic carbocycles. The largest absolute Gasteiger partial charge is 0.308 e. The number of aromatic nitrogens is 1. The van der Waals surface area contributed by atoms with E-state index in [0.29, 0.717) is 11.6 Å². The van der Waals surface area contributed by atoms with Gasteiger partial charge in [0.1, 0.15) is 5.01 Å². The van der Waals surface area contributed by atoms with Crippen molar-refractivity contribution in [3.05, 3.63) is 16.6 Å². The molecule has 4 heteroatoms. The zero-order valence-electron chi connectivity index (χ0n) is 11.4. The summed E-state index contributed by atoms with van der Waals surface area (Å²) in [7, 11) is 0. The van der Waals surface area contributed by atoms with Crippen molar-refractivity contribution in [1.29, 1.82) is 0 Å². The molecule has 1 aromatic rings. The van der Waals surface area contributed by atoms with Crippen molar-refractivity contribution in [2.24, 2.45) is 5.92 Å². The maximum atomic E-state index is 4.44. The Morgan fingerprint density at radius 1 is 1.56 bits per heavy atom. The van der Waals surface area contributed by atoms with E-state index in [0.717, 1.165) is 19.0 Å². The van der Waals surface area contributed by atoms with Crippen LogP contribution in [-0.2, 0) is 6.54 Å². The van der Waals surface area contributed by atoms with E-state index in [1.165, 1.54) is 30.8 Å². The van der Waals surface area contributed by atoms with Gasteiger partial charge < -0.3 is 5.32 Å². The lowest BCUT2D eigenvalue weighted by atomic mass is 9.90. The molecule has 100 valence electrons. The van der Waals surface area contributed by atoms with Crippen LogP contribution in [0.15, 0.2) is 11.6 Å². The van der Waals surface area contributed by atoms with Crippen LogP contribution in [0.25, 0.3) is 0 Å². The average molecular weight is 265 g/mol. The molecule has 1 aliphatic carbocycles. The fourth-order valence-electron chi connectivity index (χ4n) is 3.17. The fraction of sp³-hybridized carbons (Fsp3) is 0.786. The Bertz CT molecular complexity index is 388. The molecule has 0 amide bonds. The molecule has 0 bridgehead atoms. The van der Waals surface area contributed by atoms with Gasteiger partial charge in [-0.15, -0.1) is 11.3 Å². The minimum Gasteiger partial charge on any atom is -0.308 e. The summed E-state index contributed by atoms with van der Waals surface area (Å²) in [5.41, 5.74) is 0.336. The predicted octanol–water partition coefficient (Wildman–Crippen LogP) is 2.50. The molecular weight excluding hydrogens is 242 g/mol. The van der Waals surface area contributed by atoms with Gasteiger partial charge in [-0.2, -0.15) is 0 Å². The van der Waals surface area contributed by atoms with Gasteiger partial charge in [0, 0.05) is 36.2 Å². The Morgan fingerprint density at radius 2 is 2.39 bits per heavy atom. The van der Waals surface area contributed by atoms with E-state index in [-0.39, 0.29) is 0 Å². The highest BCUT2D eigenvalue weighted by atomic mass is 32.1. The molecule has 1 N–H and O–H groups in total. The Balaban J connectivity index is 1.71. The predicted molar refractivity (Wildman–Crippen MR) is 75.7 cm³/mol. The average Bonchev–Trinajstić information content (AvgIpc) is 3.11. The molecule has 1 saturated heterocycles. The lowest BCUT2D eigenvalue weighted by molar-refractivity contribution is 0.0665. The van der Waals surface area contributed by atoms with Gasteiger partial charge in [-0.1, -0.05) is 6.92 Å². The van der Waals surface area contributed by atoms with Crippen LogP contribution >= 0.6 is 11.3 Å². The van der Waals surface area contributed by atoms with Crippen LogP contribution in [0.4, 0.5) is 0 Å². The molecule has 18 heavy (non-hydrogen) atoms. The highest BCUT2D eigenvalue weighted by Crippen LogP contribution is 2.41. The van der Waals surface area contributed by atoms with Gasteiger partial charge in [-0.25, -0.2) is 4.98 Å². The van der Waals surface area contributed by atoms with Crippen molar-refractivity contribution in [3.63, 3.8) is 0 Å². The third kappa shape index (κ3) is 2.46. The summed E-state index contributed by atoms with van der Waals surface area (Å²) in [4.78, 5) is 7.09. The topological polar surface area (TPSA) is 28.2 Å². The Hall–Kier alpha value is -0.450. The number of hydrogen-bond donors (Lipinski definition) is 1. The summed E-state index contributed by atoms with van der Waals surface area (Å²) >= 11 is 1.78. The minimum atomic E-state index is 0.336. The van der Waals surface area contributed by atoms with Crippen LogP contribution in [0.2, 0.25) is 0 Å². The Labute approximate surface area is 114 Å². The van der Waals surface area contributed by atoms with Crippen LogP contribution in [0.5, 0.6) is 0 Å². The van der Waals surface area contributed by atoms with Crippen LogP contribution < -0.4 is 5.32 Å². The van der Waals surface area contributed by atoms with Crippen LogP contribution in [0, 0.1) is 5.92 Å². The zero-order chi connectivity index (χ0) is 12.6. The SMILES string of the molecule is CCC1CNC(C)(C2CC2)CN1Cc1nccs1. The quantitative estimate of drug-likeness (QED) is 0.906. The third-order valence-corrected chi connectivity index (χ3v) is 5.33. The maximum absolute atomic E-state index is 4.44. The molecule has 1 saturated carbocycles. The summed E-state index contributed by atoms with van der Waals surface area (Å²) in [6, 6.07) is 0.667. The standard InChI is InChI=1S/C14H23N3S/c1-3-12-8-16-14(2,11-4-5-11)10-17(12)9-13-15-6-7-18-13/h6-7,11-12,16H,3-5,8-10H2,1-2H3. The van der Waals surface area contributed by atoms with Crippen molar-refractivity contribution in [3.8, 4) is 0 Å². The lowest BCUT2D eigenvalue weighted by Crippen LogP contribution is -2.63. The Kier molecular flexibility index (Phi) is 3.43. The van der Waals surface area contributed by atoms with E-state index in [4.69, 9.17) is 0 Å². The molecule has 2 atom stereocenters. The molecule has 1 aliphatic heterocycles. The van der Waals surface area contributed by atoms with E-state index in [1.54, 1.807) is 11.3 Å². The van der Waals surface area contributed by atoms with Crippen molar-refractivity contribution in [1.82, 2.24) is 15.2 Å². The van der Waals surface area contributed by atoms with Crippen LogP contribution in [-0.4, -0.2) is 34.6 Å². The first-order valence-corrected chi connectivity index (χ1v) is 7.96. The second kappa shape index (κ2) is 4.91. The highest BCUT2D eigenvalue weighted by molar-refractivity contribution is 7.09. The van der Waals surface area contributed by atoms with E-state index in [9.17, 15) is 0 Å². The zero-order valence-corrected chi connectivity index (χ0v) is 12.2. The number of hydrogen-bond acceptors (Lipinski definition) is 4. The van der Waals surface area contributed by atoms with E-state index in [2.05, 4.69) is 34.4 Å². The molecule has 2 aliphatic rings. The monoisotopic (exact) mass is 265 g/mol. The molecule has 2 heterocycles. The molecule has 0 radical (unpaired) electrons. The van der Waals surface area contributed by atoms with Crippen LogP contribution in [0.1, 0.15) is 38.1 Å².